The van der Waals surface area contributed by atoms with Crippen molar-refractivity contribution in [2.75, 3.05) is 0 Å². The van der Waals surface area contributed by atoms with E-state index in [1.165, 1.54) is 16.7 Å². The van der Waals surface area contributed by atoms with Gasteiger partial charge in [0.1, 0.15) is 0 Å². The van der Waals surface area contributed by atoms with Gasteiger partial charge in [0.05, 0.1) is 9.52 Å². The van der Waals surface area contributed by atoms with Crippen LogP contribution in [0.2, 0.25) is 0 Å². The van der Waals surface area contributed by atoms with Crippen molar-refractivity contribution in [1.29, 1.82) is 0 Å². The second-order valence-corrected chi connectivity index (χ2v) is 5.85. The second-order valence-electron chi connectivity index (χ2n) is 4.03. The van der Waals surface area contributed by atoms with E-state index in [1.807, 2.05) is 0 Å². The van der Waals surface area contributed by atoms with E-state index in [1.54, 1.807) is 10.4 Å². The molecule has 1 heteroatoms. The fourth-order valence-electron chi connectivity index (χ4n) is 2.46. The lowest BCUT2D eigenvalue weighted by Gasteiger charge is -2.05. The van der Waals surface area contributed by atoms with E-state index in [4.69, 9.17) is 0 Å². The van der Waals surface area contributed by atoms with Crippen molar-refractivity contribution in [2.24, 2.45) is 0 Å². The monoisotopic (exact) mass is 209 g/mol. The van der Waals surface area contributed by atoms with Crippen molar-refractivity contribution >= 4 is 19.9 Å². The van der Waals surface area contributed by atoms with E-state index in [0.29, 0.717) is 0 Å². The first kappa shape index (κ1) is 8.92. The molecular weight excluding hydrogens is 196 g/mol. The van der Waals surface area contributed by atoms with E-state index in [9.17, 15) is 0 Å². The molecule has 73 valence electrons. The third-order valence-corrected chi connectivity index (χ3v) is 5.40. The van der Waals surface area contributed by atoms with Crippen molar-refractivity contribution in [1.82, 2.24) is 0 Å². The van der Waals surface area contributed by atoms with Gasteiger partial charge in [0.15, 0.2) is 0 Å². The van der Waals surface area contributed by atoms with Crippen molar-refractivity contribution < 1.29 is 0 Å². The lowest BCUT2D eigenvalue weighted by Crippen LogP contribution is -2.23. The fourth-order valence-corrected chi connectivity index (χ4v) is 4.61. The molecule has 0 nitrogen and oxygen atoms in total. The largest absolute Gasteiger partial charge is 0.0894 e. The molecule has 0 spiro atoms. The zero-order chi connectivity index (χ0) is 10.3. The molecule has 2 aromatic rings. The van der Waals surface area contributed by atoms with Gasteiger partial charge in [-0.2, -0.15) is 0 Å². The molecule has 1 radical (unpaired) electrons. The summed E-state index contributed by atoms with van der Waals surface area (Å²) < 4.78 is 0. The Morgan fingerprint density at radius 2 is 1.73 bits per heavy atom. The van der Waals surface area contributed by atoms with Gasteiger partial charge in [-0.1, -0.05) is 52.8 Å². The first-order valence-corrected chi connectivity index (χ1v) is 6.80. The Morgan fingerprint density at radius 3 is 2.60 bits per heavy atom. The second kappa shape index (κ2) is 3.35. The van der Waals surface area contributed by atoms with Gasteiger partial charge >= 0.3 is 0 Å². The lowest BCUT2D eigenvalue weighted by molar-refractivity contribution is 1.30. The van der Waals surface area contributed by atoms with Crippen molar-refractivity contribution in [3.63, 3.8) is 0 Å². The highest BCUT2D eigenvalue weighted by atomic mass is 28.2. The van der Waals surface area contributed by atoms with Crippen molar-refractivity contribution in [2.45, 2.75) is 6.42 Å². The molecule has 0 aliphatic carbocycles. The van der Waals surface area contributed by atoms with E-state index < -0.39 is 0 Å². The van der Waals surface area contributed by atoms with Gasteiger partial charge in [-0.05, 0) is 30.0 Å². The molecule has 0 saturated carbocycles. The van der Waals surface area contributed by atoms with Crippen molar-refractivity contribution in [3.05, 3.63) is 55.0 Å². The van der Waals surface area contributed by atoms with E-state index in [2.05, 4.69) is 49.4 Å². The average molecular weight is 209 g/mol. The van der Waals surface area contributed by atoms with Crippen LogP contribution in [-0.4, -0.2) is 9.52 Å². The van der Waals surface area contributed by atoms with Crippen LogP contribution in [0.25, 0.3) is 11.1 Å². The van der Waals surface area contributed by atoms with Crippen LogP contribution in [0, 0.1) is 6.92 Å². The predicted octanol–water partition coefficient (Wildman–Crippen LogP) is 1.16. The first-order chi connectivity index (χ1) is 7.40. The molecule has 0 amide bonds. The summed E-state index contributed by atoms with van der Waals surface area (Å²) in [6.45, 7) is 4.02. The molecule has 0 fully saturated rings. The van der Waals surface area contributed by atoms with Gasteiger partial charge < -0.3 is 0 Å². The average Bonchev–Trinajstić information content (AvgIpc) is 2.67. The summed E-state index contributed by atoms with van der Waals surface area (Å²) in [6, 6.07) is 15.5. The summed E-state index contributed by atoms with van der Waals surface area (Å²) in [5.41, 5.74) is 4.39. The highest BCUT2D eigenvalue weighted by molar-refractivity contribution is 6.73. The molecule has 1 aliphatic heterocycles. The Bertz CT molecular complexity index is 514. The summed E-state index contributed by atoms with van der Waals surface area (Å²) in [4.78, 5) is 0. The molecule has 0 bridgehead atoms. The Labute approximate surface area is 92.8 Å². The fraction of sp³-hybridized carbons (Fsp3) is 0.0714. The minimum absolute atomic E-state index is 0.240. The van der Waals surface area contributed by atoms with Gasteiger partial charge in [0.25, 0.3) is 0 Å². The third kappa shape index (κ3) is 1.27. The van der Waals surface area contributed by atoms with Gasteiger partial charge in [-0.25, -0.2) is 0 Å². The number of hydrogen-bond donors (Lipinski definition) is 0. The third-order valence-electron chi connectivity index (χ3n) is 3.22. The van der Waals surface area contributed by atoms with Crippen LogP contribution in [0.1, 0.15) is 5.56 Å². The summed E-state index contributed by atoms with van der Waals surface area (Å²) in [5.74, 6) is 0. The summed E-state index contributed by atoms with van der Waals surface area (Å²) in [7, 11) is -0.240. The molecular formula is C14H13Si. The molecule has 3 rings (SSSR count). The molecule has 2 aromatic carbocycles. The Hall–Kier alpha value is -1.34. The zero-order valence-electron chi connectivity index (χ0n) is 8.66. The smallest absolute Gasteiger partial charge is 0.0627 e. The Balaban J connectivity index is 2.26. The van der Waals surface area contributed by atoms with Gasteiger partial charge in [0.2, 0.25) is 0 Å². The standard InChI is InChI=1S/C14H13Si/c1-2-10-6-5-8-12-11-7-3-4-9-13(11)15-14(10)12/h3-9H,1-2,15H2. The van der Waals surface area contributed by atoms with E-state index in [0.717, 1.165) is 6.42 Å². The summed E-state index contributed by atoms with van der Waals surface area (Å²) in [6.07, 6.45) is 0.921. The van der Waals surface area contributed by atoms with Crippen LogP contribution in [0.3, 0.4) is 0 Å². The molecule has 0 aromatic heterocycles. The predicted molar refractivity (Wildman–Crippen MR) is 68.8 cm³/mol. The number of fused-ring (bicyclic) bond motifs is 3. The minimum atomic E-state index is -0.240. The molecule has 0 N–H and O–H groups in total. The first-order valence-electron chi connectivity index (χ1n) is 5.38. The lowest BCUT2D eigenvalue weighted by atomic mass is 10.0. The van der Waals surface area contributed by atoms with Crippen LogP contribution in [0.15, 0.2) is 42.5 Å². The normalized spacial score (nSPS) is 13.9. The van der Waals surface area contributed by atoms with Gasteiger partial charge in [-0.15, -0.1) is 0 Å². The van der Waals surface area contributed by atoms with Crippen molar-refractivity contribution in [3.8, 4) is 11.1 Å². The van der Waals surface area contributed by atoms with Crippen LogP contribution in [-0.2, 0) is 6.42 Å². The summed E-state index contributed by atoms with van der Waals surface area (Å²) >= 11 is 0. The minimum Gasteiger partial charge on any atom is -0.0627 e. The van der Waals surface area contributed by atoms with E-state index in [-0.39, 0.29) is 9.52 Å². The zero-order valence-corrected chi connectivity index (χ0v) is 10.1. The molecule has 1 aliphatic rings. The maximum atomic E-state index is 4.02. The topological polar surface area (TPSA) is 0 Å². The molecule has 1 heterocycles. The maximum absolute atomic E-state index is 4.02. The SMILES string of the molecule is [CH2]Cc1cccc2c1[SiH2]c1ccccc1-2. The number of hydrogen-bond acceptors (Lipinski definition) is 0. The Kier molecular flexibility index (Phi) is 1.99. The van der Waals surface area contributed by atoms with Crippen LogP contribution in [0.5, 0.6) is 0 Å². The maximum Gasteiger partial charge on any atom is 0.0894 e. The highest BCUT2D eigenvalue weighted by Crippen LogP contribution is 2.21. The summed E-state index contributed by atoms with van der Waals surface area (Å²) in [5, 5.41) is 3.21. The number of benzene rings is 2. The van der Waals surface area contributed by atoms with Crippen LogP contribution < -0.4 is 10.4 Å². The molecule has 15 heavy (non-hydrogen) atoms. The van der Waals surface area contributed by atoms with E-state index >= 15 is 0 Å². The van der Waals surface area contributed by atoms with Gasteiger partial charge in [-0.3, -0.25) is 0 Å². The highest BCUT2D eigenvalue weighted by Gasteiger charge is 2.19. The quantitative estimate of drug-likeness (QED) is 0.528. The number of rotatable bonds is 1. The molecule has 0 saturated heterocycles. The Morgan fingerprint density at radius 1 is 0.933 bits per heavy atom. The van der Waals surface area contributed by atoms with Crippen LogP contribution >= 0.6 is 0 Å². The van der Waals surface area contributed by atoms with Gasteiger partial charge in [0, 0.05) is 0 Å². The van der Waals surface area contributed by atoms with Crippen LogP contribution in [0.4, 0.5) is 0 Å². The molecule has 0 unspecified atom stereocenters. The molecule has 0 atom stereocenters.